The van der Waals surface area contributed by atoms with Gasteiger partial charge in [0.2, 0.25) is 0 Å². The van der Waals surface area contributed by atoms with E-state index in [0.29, 0.717) is 6.61 Å². The first-order chi connectivity index (χ1) is 8.66. The van der Waals surface area contributed by atoms with E-state index in [0.717, 1.165) is 16.9 Å². The minimum absolute atomic E-state index is 0.243. The smallest absolute Gasteiger partial charge is 0.123 e. The molecule has 1 atom stereocenters. The Hall–Kier alpha value is -1.87. The topological polar surface area (TPSA) is 35.2 Å². The number of ether oxygens (including phenoxy) is 1. The van der Waals surface area contributed by atoms with Crippen LogP contribution in [0.4, 0.5) is 4.39 Å². The van der Waals surface area contributed by atoms with Crippen molar-refractivity contribution in [2.24, 2.45) is 5.73 Å². The van der Waals surface area contributed by atoms with Gasteiger partial charge in [0.05, 0.1) is 6.04 Å². The molecule has 0 aliphatic rings. The predicted octanol–water partition coefficient (Wildman–Crippen LogP) is 3.21. The van der Waals surface area contributed by atoms with E-state index < -0.39 is 0 Å². The molecule has 0 saturated carbocycles. The van der Waals surface area contributed by atoms with E-state index in [1.54, 1.807) is 6.07 Å². The molecule has 18 heavy (non-hydrogen) atoms. The van der Waals surface area contributed by atoms with E-state index in [1.807, 2.05) is 37.3 Å². The second-order valence-electron chi connectivity index (χ2n) is 4.23. The van der Waals surface area contributed by atoms with Gasteiger partial charge in [0.25, 0.3) is 0 Å². The maximum atomic E-state index is 13.0. The zero-order valence-corrected chi connectivity index (χ0v) is 10.3. The van der Waals surface area contributed by atoms with E-state index in [2.05, 4.69) is 0 Å². The monoisotopic (exact) mass is 245 g/mol. The van der Waals surface area contributed by atoms with Gasteiger partial charge >= 0.3 is 0 Å². The fourth-order valence-corrected chi connectivity index (χ4v) is 1.85. The Balaban J connectivity index is 2.01. The summed E-state index contributed by atoms with van der Waals surface area (Å²) in [6, 6.07) is 13.9. The van der Waals surface area contributed by atoms with E-state index in [-0.39, 0.29) is 11.9 Å². The molecule has 0 radical (unpaired) electrons. The van der Waals surface area contributed by atoms with Crippen molar-refractivity contribution in [3.8, 4) is 5.75 Å². The Morgan fingerprint density at radius 2 is 1.89 bits per heavy atom. The lowest BCUT2D eigenvalue weighted by molar-refractivity contribution is 0.290. The molecule has 2 aromatic carbocycles. The SMILES string of the molecule is Cc1cc(F)ccc1C(N)COc1ccccc1. The molecular formula is C15H16FNO. The normalized spacial score (nSPS) is 12.2. The fourth-order valence-electron chi connectivity index (χ4n) is 1.85. The number of rotatable bonds is 4. The van der Waals surface area contributed by atoms with E-state index in [4.69, 9.17) is 10.5 Å². The molecule has 2 aromatic rings. The van der Waals surface area contributed by atoms with Gasteiger partial charge in [-0.1, -0.05) is 24.3 Å². The Morgan fingerprint density at radius 1 is 1.17 bits per heavy atom. The molecule has 0 aliphatic heterocycles. The number of hydrogen-bond acceptors (Lipinski definition) is 2. The van der Waals surface area contributed by atoms with Gasteiger partial charge in [-0.2, -0.15) is 0 Å². The Kier molecular flexibility index (Phi) is 3.95. The maximum absolute atomic E-state index is 13.0. The van der Waals surface area contributed by atoms with Gasteiger partial charge in [0.1, 0.15) is 18.2 Å². The van der Waals surface area contributed by atoms with E-state index >= 15 is 0 Å². The Labute approximate surface area is 106 Å². The zero-order valence-electron chi connectivity index (χ0n) is 10.3. The zero-order chi connectivity index (χ0) is 13.0. The molecule has 0 bridgehead atoms. The van der Waals surface area contributed by atoms with Crippen LogP contribution in [-0.2, 0) is 0 Å². The molecule has 0 aliphatic carbocycles. The summed E-state index contributed by atoms with van der Waals surface area (Å²) in [5, 5.41) is 0. The van der Waals surface area contributed by atoms with Crippen molar-refractivity contribution in [1.29, 1.82) is 0 Å². The molecule has 0 amide bonds. The van der Waals surface area contributed by atoms with Crippen molar-refractivity contribution in [2.45, 2.75) is 13.0 Å². The number of benzene rings is 2. The fraction of sp³-hybridized carbons (Fsp3) is 0.200. The Bertz CT molecular complexity index is 513. The minimum atomic E-state index is -0.259. The first kappa shape index (κ1) is 12.6. The van der Waals surface area contributed by atoms with Crippen molar-refractivity contribution in [3.05, 3.63) is 65.5 Å². The number of hydrogen-bond donors (Lipinski definition) is 1. The summed E-state index contributed by atoms with van der Waals surface area (Å²) in [5.41, 5.74) is 7.80. The lowest BCUT2D eigenvalue weighted by atomic mass is 10.0. The van der Waals surface area contributed by atoms with Crippen molar-refractivity contribution in [2.75, 3.05) is 6.61 Å². The van der Waals surface area contributed by atoms with Crippen LogP contribution < -0.4 is 10.5 Å². The highest BCUT2D eigenvalue weighted by Crippen LogP contribution is 2.18. The average molecular weight is 245 g/mol. The summed E-state index contributed by atoms with van der Waals surface area (Å²) in [4.78, 5) is 0. The first-order valence-corrected chi connectivity index (χ1v) is 5.86. The van der Waals surface area contributed by atoms with Gasteiger partial charge in [-0.15, -0.1) is 0 Å². The summed E-state index contributed by atoms with van der Waals surface area (Å²) in [5.74, 6) is 0.542. The highest BCUT2D eigenvalue weighted by atomic mass is 19.1. The second-order valence-corrected chi connectivity index (χ2v) is 4.23. The maximum Gasteiger partial charge on any atom is 0.123 e. The highest BCUT2D eigenvalue weighted by Gasteiger charge is 2.10. The summed E-state index contributed by atoms with van der Waals surface area (Å²) >= 11 is 0. The molecule has 2 nitrogen and oxygen atoms in total. The van der Waals surface area contributed by atoms with Crippen molar-refractivity contribution in [1.82, 2.24) is 0 Å². The summed E-state index contributed by atoms with van der Waals surface area (Å²) in [6.07, 6.45) is 0. The van der Waals surface area contributed by atoms with Crippen LogP contribution in [0.1, 0.15) is 17.2 Å². The van der Waals surface area contributed by atoms with Gasteiger partial charge in [-0.3, -0.25) is 0 Å². The van der Waals surface area contributed by atoms with Crippen molar-refractivity contribution >= 4 is 0 Å². The van der Waals surface area contributed by atoms with Crippen LogP contribution >= 0.6 is 0 Å². The van der Waals surface area contributed by atoms with Crippen molar-refractivity contribution < 1.29 is 9.13 Å². The van der Waals surface area contributed by atoms with E-state index in [9.17, 15) is 4.39 Å². The predicted molar refractivity (Wildman–Crippen MR) is 70.0 cm³/mol. The van der Waals surface area contributed by atoms with Crippen LogP contribution in [0.2, 0.25) is 0 Å². The molecule has 0 fully saturated rings. The molecule has 2 N–H and O–H groups in total. The average Bonchev–Trinajstić information content (AvgIpc) is 2.37. The molecule has 94 valence electrons. The van der Waals surface area contributed by atoms with Crippen LogP contribution in [-0.4, -0.2) is 6.61 Å². The van der Waals surface area contributed by atoms with Crippen LogP contribution in [0, 0.1) is 12.7 Å². The number of aryl methyl sites for hydroxylation is 1. The quantitative estimate of drug-likeness (QED) is 0.897. The van der Waals surface area contributed by atoms with Gasteiger partial charge in [0, 0.05) is 0 Å². The van der Waals surface area contributed by atoms with Gasteiger partial charge in [0.15, 0.2) is 0 Å². The standard InChI is InChI=1S/C15H16FNO/c1-11-9-12(16)7-8-14(11)15(17)10-18-13-5-3-2-4-6-13/h2-9,15H,10,17H2,1H3. The Morgan fingerprint density at radius 3 is 2.56 bits per heavy atom. The largest absolute Gasteiger partial charge is 0.492 e. The summed E-state index contributed by atoms with van der Waals surface area (Å²) in [6.45, 7) is 2.22. The third-order valence-corrected chi connectivity index (χ3v) is 2.80. The molecule has 1 unspecified atom stereocenters. The third kappa shape index (κ3) is 3.08. The molecule has 0 heterocycles. The van der Waals surface area contributed by atoms with Gasteiger partial charge in [-0.05, 0) is 42.3 Å². The summed E-state index contributed by atoms with van der Waals surface area (Å²) < 4.78 is 18.6. The van der Waals surface area contributed by atoms with Gasteiger partial charge < -0.3 is 10.5 Å². The van der Waals surface area contributed by atoms with Crippen LogP contribution in [0.15, 0.2) is 48.5 Å². The van der Waals surface area contributed by atoms with Crippen LogP contribution in [0.3, 0.4) is 0 Å². The highest BCUT2D eigenvalue weighted by molar-refractivity contribution is 5.29. The lowest BCUT2D eigenvalue weighted by Crippen LogP contribution is -2.20. The third-order valence-electron chi connectivity index (χ3n) is 2.80. The molecule has 3 heteroatoms. The lowest BCUT2D eigenvalue weighted by Gasteiger charge is -2.15. The van der Waals surface area contributed by atoms with Crippen LogP contribution in [0.5, 0.6) is 5.75 Å². The van der Waals surface area contributed by atoms with Gasteiger partial charge in [-0.25, -0.2) is 4.39 Å². The molecular weight excluding hydrogens is 229 g/mol. The molecule has 0 spiro atoms. The van der Waals surface area contributed by atoms with Crippen molar-refractivity contribution in [3.63, 3.8) is 0 Å². The van der Waals surface area contributed by atoms with Crippen LogP contribution in [0.25, 0.3) is 0 Å². The minimum Gasteiger partial charge on any atom is -0.492 e. The number of halogens is 1. The summed E-state index contributed by atoms with van der Waals surface area (Å²) in [7, 11) is 0. The molecule has 0 aromatic heterocycles. The first-order valence-electron chi connectivity index (χ1n) is 5.86. The van der Waals surface area contributed by atoms with E-state index in [1.165, 1.54) is 12.1 Å². The number of nitrogens with two attached hydrogens (primary N) is 1. The number of para-hydroxylation sites is 1. The second kappa shape index (κ2) is 5.65. The molecule has 2 rings (SSSR count). The molecule has 0 saturated heterocycles.